The topological polar surface area (TPSA) is 85.3 Å². The second-order valence-corrected chi connectivity index (χ2v) is 6.25. The lowest BCUT2D eigenvalue weighted by Crippen LogP contribution is -2.13. The van der Waals surface area contributed by atoms with Crippen molar-refractivity contribution in [2.45, 2.75) is 13.8 Å². The highest BCUT2D eigenvalue weighted by Crippen LogP contribution is 2.30. The van der Waals surface area contributed by atoms with Crippen LogP contribution in [-0.4, -0.2) is 25.3 Å². The van der Waals surface area contributed by atoms with Gasteiger partial charge in [-0.05, 0) is 38.1 Å². The largest absolute Gasteiger partial charge is 0.443 e. The van der Waals surface area contributed by atoms with E-state index in [1.54, 1.807) is 35.1 Å². The van der Waals surface area contributed by atoms with Crippen molar-refractivity contribution in [3.8, 4) is 11.3 Å². The Hall–Kier alpha value is -3.19. The first-order chi connectivity index (χ1) is 12.5. The summed E-state index contributed by atoms with van der Waals surface area (Å²) in [5.74, 6) is 0.169. The molecule has 3 heterocycles. The van der Waals surface area contributed by atoms with Gasteiger partial charge in [-0.15, -0.1) is 0 Å². The van der Waals surface area contributed by atoms with Crippen LogP contribution in [0.15, 0.2) is 47.6 Å². The van der Waals surface area contributed by atoms with Crippen LogP contribution in [0.1, 0.15) is 21.9 Å². The SMILES string of the molecule is Cc1cc(C)n2cnc(C(=O)Nc3ccc(Cl)c(-c4cnco4)c3)c2n1. The highest BCUT2D eigenvalue weighted by molar-refractivity contribution is 6.33. The van der Waals surface area contributed by atoms with Crippen LogP contribution in [0.25, 0.3) is 17.0 Å². The number of rotatable bonds is 3. The Morgan fingerprint density at radius 3 is 2.88 bits per heavy atom. The van der Waals surface area contributed by atoms with Gasteiger partial charge < -0.3 is 9.73 Å². The maximum Gasteiger partial charge on any atom is 0.278 e. The zero-order chi connectivity index (χ0) is 18.3. The number of aryl methyl sites for hydroxylation is 2. The molecule has 130 valence electrons. The van der Waals surface area contributed by atoms with Crippen molar-refractivity contribution in [3.05, 3.63) is 65.3 Å². The van der Waals surface area contributed by atoms with Crippen LogP contribution in [0, 0.1) is 13.8 Å². The third-order valence-electron chi connectivity index (χ3n) is 3.96. The summed E-state index contributed by atoms with van der Waals surface area (Å²) in [5.41, 5.74) is 3.76. The van der Waals surface area contributed by atoms with Crippen LogP contribution in [0.4, 0.5) is 5.69 Å². The van der Waals surface area contributed by atoms with Gasteiger partial charge in [0.2, 0.25) is 0 Å². The van der Waals surface area contributed by atoms with E-state index in [1.807, 2.05) is 19.9 Å². The van der Waals surface area contributed by atoms with Gasteiger partial charge in [-0.2, -0.15) is 0 Å². The molecule has 0 unspecified atom stereocenters. The Bertz CT molecular complexity index is 1120. The minimum Gasteiger partial charge on any atom is -0.443 e. The number of hydrogen-bond acceptors (Lipinski definition) is 5. The van der Waals surface area contributed by atoms with E-state index in [0.29, 0.717) is 27.7 Å². The number of nitrogens with one attached hydrogen (secondary N) is 1. The Morgan fingerprint density at radius 2 is 2.12 bits per heavy atom. The van der Waals surface area contributed by atoms with Gasteiger partial charge in [0, 0.05) is 22.6 Å². The molecule has 0 spiro atoms. The Kier molecular flexibility index (Phi) is 3.93. The number of amides is 1. The lowest BCUT2D eigenvalue weighted by atomic mass is 10.1. The van der Waals surface area contributed by atoms with E-state index in [9.17, 15) is 4.79 Å². The number of anilines is 1. The highest BCUT2D eigenvalue weighted by atomic mass is 35.5. The van der Waals surface area contributed by atoms with Crippen molar-refractivity contribution in [2.75, 3.05) is 5.32 Å². The number of halogens is 1. The average molecular weight is 368 g/mol. The number of benzene rings is 1. The van der Waals surface area contributed by atoms with Gasteiger partial charge in [0.05, 0.1) is 11.2 Å². The highest BCUT2D eigenvalue weighted by Gasteiger charge is 2.17. The predicted molar refractivity (Wildman–Crippen MR) is 97.4 cm³/mol. The molecule has 1 amide bonds. The average Bonchev–Trinajstić information content (AvgIpc) is 3.26. The van der Waals surface area contributed by atoms with E-state index in [0.717, 1.165) is 11.4 Å². The summed E-state index contributed by atoms with van der Waals surface area (Å²) in [7, 11) is 0. The summed E-state index contributed by atoms with van der Waals surface area (Å²) in [4.78, 5) is 25.2. The first kappa shape index (κ1) is 16.3. The maximum atomic E-state index is 12.7. The fourth-order valence-corrected chi connectivity index (χ4v) is 2.98. The Balaban J connectivity index is 1.68. The number of fused-ring (bicyclic) bond motifs is 1. The molecule has 0 bridgehead atoms. The normalized spacial score (nSPS) is 11.0. The molecule has 1 aromatic carbocycles. The minimum atomic E-state index is -0.351. The molecular weight excluding hydrogens is 354 g/mol. The van der Waals surface area contributed by atoms with E-state index >= 15 is 0 Å². The molecule has 0 atom stereocenters. The van der Waals surface area contributed by atoms with Crippen LogP contribution in [-0.2, 0) is 0 Å². The van der Waals surface area contributed by atoms with E-state index < -0.39 is 0 Å². The number of hydrogen-bond donors (Lipinski definition) is 1. The van der Waals surface area contributed by atoms with Gasteiger partial charge in [0.1, 0.15) is 6.33 Å². The van der Waals surface area contributed by atoms with Gasteiger partial charge in [-0.25, -0.2) is 15.0 Å². The quantitative estimate of drug-likeness (QED) is 0.593. The summed E-state index contributed by atoms with van der Waals surface area (Å²) in [6, 6.07) is 7.05. The monoisotopic (exact) mass is 367 g/mol. The number of nitrogens with zero attached hydrogens (tertiary/aromatic N) is 4. The molecule has 4 aromatic rings. The molecule has 0 aliphatic carbocycles. The number of carbonyl (C=O) groups excluding carboxylic acids is 1. The van der Waals surface area contributed by atoms with Gasteiger partial charge in [-0.1, -0.05) is 11.6 Å². The lowest BCUT2D eigenvalue weighted by molar-refractivity contribution is 0.102. The standard InChI is InChI=1S/C18H14ClN5O2/c1-10-5-11(2)24-8-21-16(17(24)22-10)18(25)23-12-3-4-14(19)13(6-12)15-7-20-9-26-15/h3-9H,1-2H3,(H,23,25). The molecule has 0 saturated carbocycles. The Labute approximate surface area is 153 Å². The van der Waals surface area contributed by atoms with E-state index in [2.05, 4.69) is 20.3 Å². The number of aromatic nitrogens is 4. The van der Waals surface area contributed by atoms with Crippen LogP contribution in [0.5, 0.6) is 0 Å². The summed E-state index contributed by atoms with van der Waals surface area (Å²) in [5, 5.41) is 3.33. The molecule has 0 fully saturated rings. The molecule has 4 rings (SSSR count). The molecular formula is C18H14ClN5O2. The zero-order valence-corrected chi connectivity index (χ0v) is 14.8. The van der Waals surface area contributed by atoms with Crippen LogP contribution in [0.2, 0.25) is 5.02 Å². The third-order valence-corrected chi connectivity index (χ3v) is 4.29. The van der Waals surface area contributed by atoms with Crippen molar-refractivity contribution in [1.29, 1.82) is 0 Å². The summed E-state index contributed by atoms with van der Waals surface area (Å²) < 4.78 is 7.06. The second-order valence-electron chi connectivity index (χ2n) is 5.84. The smallest absolute Gasteiger partial charge is 0.278 e. The molecule has 3 aromatic heterocycles. The summed E-state index contributed by atoms with van der Waals surface area (Å²) >= 11 is 6.21. The molecule has 7 nitrogen and oxygen atoms in total. The molecule has 8 heteroatoms. The fraction of sp³-hybridized carbons (Fsp3) is 0.111. The second kappa shape index (κ2) is 6.27. The van der Waals surface area contributed by atoms with Gasteiger partial charge in [-0.3, -0.25) is 9.20 Å². The van der Waals surface area contributed by atoms with E-state index in [-0.39, 0.29) is 11.6 Å². The van der Waals surface area contributed by atoms with Crippen LogP contribution < -0.4 is 5.32 Å². The van der Waals surface area contributed by atoms with E-state index in [1.165, 1.54) is 6.39 Å². The summed E-state index contributed by atoms with van der Waals surface area (Å²) in [6.07, 6.45) is 4.48. The van der Waals surface area contributed by atoms with Crippen molar-refractivity contribution in [1.82, 2.24) is 19.4 Å². The molecule has 0 aliphatic rings. The van der Waals surface area contributed by atoms with Gasteiger partial charge in [0.15, 0.2) is 23.5 Å². The summed E-state index contributed by atoms with van der Waals surface area (Å²) in [6.45, 7) is 3.82. The molecule has 26 heavy (non-hydrogen) atoms. The Morgan fingerprint density at radius 1 is 1.27 bits per heavy atom. The zero-order valence-electron chi connectivity index (χ0n) is 14.0. The lowest BCUT2D eigenvalue weighted by Gasteiger charge is -2.07. The minimum absolute atomic E-state index is 0.257. The predicted octanol–water partition coefficient (Wildman–Crippen LogP) is 3.91. The van der Waals surface area contributed by atoms with Crippen LogP contribution in [0.3, 0.4) is 0 Å². The number of oxazole rings is 1. The molecule has 1 N–H and O–H groups in total. The van der Waals surface area contributed by atoms with Gasteiger partial charge >= 0.3 is 0 Å². The number of carbonyl (C=O) groups is 1. The third kappa shape index (κ3) is 2.82. The first-order valence-electron chi connectivity index (χ1n) is 7.84. The molecule has 0 radical (unpaired) electrons. The fourth-order valence-electron chi connectivity index (χ4n) is 2.77. The van der Waals surface area contributed by atoms with E-state index in [4.69, 9.17) is 16.0 Å². The van der Waals surface area contributed by atoms with Crippen LogP contribution >= 0.6 is 11.6 Å². The van der Waals surface area contributed by atoms with Crippen molar-refractivity contribution in [2.24, 2.45) is 0 Å². The maximum absolute atomic E-state index is 12.7. The molecule has 0 saturated heterocycles. The van der Waals surface area contributed by atoms with Crippen molar-refractivity contribution < 1.29 is 9.21 Å². The molecule has 0 aliphatic heterocycles. The van der Waals surface area contributed by atoms with Crippen molar-refractivity contribution in [3.63, 3.8) is 0 Å². The first-order valence-corrected chi connectivity index (χ1v) is 8.22. The van der Waals surface area contributed by atoms with Crippen molar-refractivity contribution >= 4 is 28.8 Å². The van der Waals surface area contributed by atoms with Gasteiger partial charge in [0.25, 0.3) is 5.91 Å². The number of imidazole rings is 1.